The zero-order valence-corrected chi connectivity index (χ0v) is 19.8. The van der Waals surface area contributed by atoms with Crippen molar-refractivity contribution in [2.75, 3.05) is 43.0 Å². The van der Waals surface area contributed by atoms with E-state index in [4.69, 9.17) is 8.83 Å². The third kappa shape index (κ3) is 3.67. The van der Waals surface area contributed by atoms with E-state index in [9.17, 15) is 14.7 Å². The number of fused-ring (bicyclic) bond motifs is 1. The average molecular weight is 484 g/mol. The number of aliphatic hydroxyl groups excluding tert-OH is 1. The van der Waals surface area contributed by atoms with Crippen molar-refractivity contribution in [2.24, 2.45) is 0 Å². The standard InChI is InChI=1S/C28H25N3O5/c1-29-12-14-30(15-13-29)19-8-10-20(11-9-19)31-25(22-7-4-16-35-22)24(27(33)28(31)34)26(32)23-17-18-5-2-3-6-21(18)36-23/h2-11,16-17,25,33H,12-15H2,1H3. The molecular formula is C28H25N3O5. The molecule has 1 saturated heterocycles. The van der Waals surface area contributed by atoms with Gasteiger partial charge in [0.1, 0.15) is 17.4 Å². The number of hydrogen-bond acceptors (Lipinski definition) is 7. The van der Waals surface area contributed by atoms with Gasteiger partial charge in [-0.25, -0.2) is 0 Å². The van der Waals surface area contributed by atoms with Crippen LogP contribution in [0.4, 0.5) is 11.4 Å². The van der Waals surface area contributed by atoms with E-state index in [2.05, 4.69) is 16.8 Å². The summed E-state index contributed by atoms with van der Waals surface area (Å²) in [6, 6.07) is 18.9. The quantitative estimate of drug-likeness (QED) is 0.416. The molecular weight excluding hydrogens is 458 g/mol. The molecule has 6 rings (SSSR count). The van der Waals surface area contributed by atoms with Crippen molar-refractivity contribution in [3.63, 3.8) is 0 Å². The molecule has 4 aromatic rings. The number of anilines is 2. The number of hydrogen-bond donors (Lipinski definition) is 1. The van der Waals surface area contributed by atoms with Gasteiger partial charge in [0.2, 0.25) is 5.78 Å². The molecule has 4 heterocycles. The molecule has 2 aliphatic rings. The van der Waals surface area contributed by atoms with Crippen molar-refractivity contribution >= 4 is 34.0 Å². The molecule has 36 heavy (non-hydrogen) atoms. The van der Waals surface area contributed by atoms with Crippen LogP contribution in [0.2, 0.25) is 0 Å². The minimum Gasteiger partial charge on any atom is -0.503 e. The highest BCUT2D eigenvalue weighted by Crippen LogP contribution is 2.42. The van der Waals surface area contributed by atoms with Crippen LogP contribution in [-0.2, 0) is 4.79 Å². The zero-order chi connectivity index (χ0) is 24.8. The summed E-state index contributed by atoms with van der Waals surface area (Å²) in [7, 11) is 2.11. The molecule has 1 atom stereocenters. The summed E-state index contributed by atoms with van der Waals surface area (Å²) < 4.78 is 11.4. The number of carbonyl (C=O) groups is 2. The van der Waals surface area contributed by atoms with Crippen LogP contribution < -0.4 is 9.80 Å². The van der Waals surface area contributed by atoms with Gasteiger partial charge in [0.25, 0.3) is 5.91 Å². The fourth-order valence-electron chi connectivity index (χ4n) is 4.93. The highest BCUT2D eigenvalue weighted by atomic mass is 16.3. The maximum absolute atomic E-state index is 13.6. The largest absolute Gasteiger partial charge is 0.503 e. The maximum Gasteiger partial charge on any atom is 0.294 e. The molecule has 2 aromatic heterocycles. The van der Waals surface area contributed by atoms with Gasteiger partial charge < -0.3 is 23.7 Å². The highest BCUT2D eigenvalue weighted by Gasteiger charge is 2.46. The molecule has 1 N–H and O–H groups in total. The number of likely N-dealkylation sites (N-methyl/N-ethyl adjacent to an activating group) is 1. The van der Waals surface area contributed by atoms with Gasteiger partial charge in [-0.15, -0.1) is 0 Å². The smallest absolute Gasteiger partial charge is 0.294 e. The normalized spacial score (nSPS) is 19.0. The van der Waals surface area contributed by atoms with E-state index < -0.39 is 23.5 Å². The second kappa shape index (κ2) is 8.73. The monoisotopic (exact) mass is 483 g/mol. The van der Waals surface area contributed by atoms with Gasteiger partial charge in [-0.1, -0.05) is 18.2 Å². The number of Topliss-reactive ketones (excluding diaryl/α,β-unsaturated/α-hetero) is 1. The Morgan fingerprint density at radius 2 is 1.67 bits per heavy atom. The first-order chi connectivity index (χ1) is 17.5. The number of benzene rings is 2. The van der Waals surface area contributed by atoms with Crippen LogP contribution in [0.3, 0.4) is 0 Å². The van der Waals surface area contributed by atoms with Crippen molar-refractivity contribution in [1.82, 2.24) is 4.90 Å². The number of furan rings is 2. The van der Waals surface area contributed by atoms with Crippen molar-refractivity contribution in [1.29, 1.82) is 0 Å². The van der Waals surface area contributed by atoms with Gasteiger partial charge in [0.15, 0.2) is 11.5 Å². The lowest BCUT2D eigenvalue weighted by Gasteiger charge is -2.34. The molecule has 0 radical (unpaired) electrons. The Labute approximate surface area is 207 Å². The van der Waals surface area contributed by atoms with Crippen molar-refractivity contribution in [2.45, 2.75) is 6.04 Å². The number of amides is 1. The maximum atomic E-state index is 13.6. The summed E-state index contributed by atoms with van der Waals surface area (Å²) in [6.07, 6.45) is 1.48. The van der Waals surface area contributed by atoms with Gasteiger partial charge in [-0.3, -0.25) is 14.5 Å². The first kappa shape index (κ1) is 22.2. The molecule has 1 unspecified atom stereocenters. The summed E-state index contributed by atoms with van der Waals surface area (Å²) in [5.74, 6) is -1.41. The number of para-hydroxylation sites is 1. The Kier molecular flexibility index (Phi) is 5.38. The summed E-state index contributed by atoms with van der Waals surface area (Å²) in [5.41, 5.74) is 2.09. The van der Waals surface area contributed by atoms with Crippen LogP contribution in [0.25, 0.3) is 11.0 Å². The number of rotatable bonds is 5. The fraction of sp³-hybridized carbons (Fsp3) is 0.214. The van der Waals surface area contributed by atoms with Gasteiger partial charge in [0, 0.05) is 42.9 Å². The van der Waals surface area contributed by atoms with Crippen LogP contribution in [0.1, 0.15) is 22.4 Å². The number of ketones is 1. The Morgan fingerprint density at radius 3 is 2.36 bits per heavy atom. The minimum absolute atomic E-state index is 0.0503. The third-order valence-electron chi connectivity index (χ3n) is 6.91. The minimum atomic E-state index is -0.928. The van der Waals surface area contributed by atoms with E-state index in [-0.39, 0.29) is 11.3 Å². The van der Waals surface area contributed by atoms with Crippen molar-refractivity contribution in [3.8, 4) is 0 Å². The lowest BCUT2D eigenvalue weighted by molar-refractivity contribution is -0.117. The van der Waals surface area contributed by atoms with Gasteiger partial charge in [-0.2, -0.15) is 0 Å². The number of carbonyl (C=O) groups excluding carboxylic acids is 2. The molecule has 1 fully saturated rings. The Hall–Kier alpha value is -4.30. The molecule has 0 bridgehead atoms. The fourth-order valence-corrected chi connectivity index (χ4v) is 4.93. The van der Waals surface area contributed by atoms with E-state index >= 15 is 0 Å². The molecule has 0 aliphatic carbocycles. The van der Waals surface area contributed by atoms with E-state index in [0.717, 1.165) is 37.3 Å². The third-order valence-corrected chi connectivity index (χ3v) is 6.91. The van der Waals surface area contributed by atoms with Gasteiger partial charge >= 0.3 is 0 Å². The lowest BCUT2D eigenvalue weighted by Crippen LogP contribution is -2.44. The molecule has 0 saturated carbocycles. The molecule has 0 spiro atoms. The molecule has 8 nitrogen and oxygen atoms in total. The van der Waals surface area contributed by atoms with Crippen molar-refractivity contribution in [3.05, 3.63) is 95.8 Å². The van der Waals surface area contributed by atoms with Crippen molar-refractivity contribution < 1.29 is 23.5 Å². The number of piperazine rings is 1. The van der Waals surface area contributed by atoms with E-state index in [1.54, 1.807) is 24.3 Å². The number of nitrogens with zero attached hydrogens (tertiary/aromatic N) is 3. The molecule has 182 valence electrons. The predicted molar refractivity (Wildman–Crippen MR) is 135 cm³/mol. The molecule has 2 aromatic carbocycles. The Morgan fingerprint density at radius 1 is 0.944 bits per heavy atom. The second-order valence-electron chi connectivity index (χ2n) is 9.14. The number of aliphatic hydroxyl groups is 1. The molecule has 8 heteroatoms. The summed E-state index contributed by atoms with van der Waals surface area (Å²) >= 11 is 0. The van der Waals surface area contributed by atoms with Gasteiger partial charge in [0.05, 0.1) is 11.8 Å². The van der Waals surface area contributed by atoms with E-state index in [1.165, 1.54) is 11.2 Å². The van der Waals surface area contributed by atoms with E-state index in [0.29, 0.717) is 17.0 Å². The molecule has 2 aliphatic heterocycles. The predicted octanol–water partition coefficient (Wildman–Crippen LogP) is 4.56. The first-order valence-corrected chi connectivity index (χ1v) is 11.9. The van der Waals surface area contributed by atoms with Crippen LogP contribution in [0.5, 0.6) is 0 Å². The topological polar surface area (TPSA) is 90.4 Å². The Bertz CT molecular complexity index is 1430. The molecule has 1 amide bonds. The summed E-state index contributed by atoms with van der Waals surface area (Å²) in [5, 5.41) is 11.7. The highest BCUT2D eigenvalue weighted by molar-refractivity contribution is 6.20. The van der Waals surface area contributed by atoms with Crippen LogP contribution in [-0.4, -0.2) is 54.9 Å². The van der Waals surface area contributed by atoms with Crippen LogP contribution in [0.15, 0.2) is 93.2 Å². The zero-order valence-electron chi connectivity index (χ0n) is 19.8. The second-order valence-corrected chi connectivity index (χ2v) is 9.14. The van der Waals surface area contributed by atoms with E-state index in [1.807, 2.05) is 42.5 Å². The van der Waals surface area contributed by atoms with Crippen LogP contribution >= 0.6 is 0 Å². The first-order valence-electron chi connectivity index (χ1n) is 11.9. The average Bonchev–Trinajstić information content (AvgIpc) is 3.63. The van der Waals surface area contributed by atoms with Gasteiger partial charge in [-0.05, 0) is 55.6 Å². The lowest BCUT2D eigenvalue weighted by atomic mass is 9.99. The SMILES string of the molecule is CN1CCN(c2ccc(N3C(=O)C(O)=C(C(=O)c4cc5ccccc5o4)C3c3ccco3)cc2)CC1. The Balaban J connectivity index is 1.36. The van der Waals surface area contributed by atoms with Crippen LogP contribution in [0, 0.1) is 0 Å². The summed E-state index contributed by atoms with van der Waals surface area (Å²) in [6.45, 7) is 3.81. The summed E-state index contributed by atoms with van der Waals surface area (Å²) in [4.78, 5) is 32.9.